The number of Topliss-reactive ketones (excluding diaryl/α,β-unsaturated/α-hetero) is 1. The zero-order chi connectivity index (χ0) is 52.6. The average molecular weight is 1050 g/mol. The third-order valence-corrected chi connectivity index (χ3v) is 11.2. The Balaban J connectivity index is 1.53. The van der Waals surface area contributed by atoms with Crippen molar-refractivity contribution in [3.63, 3.8) is 0 Å². The lowest BCUT2D eigenvalue weighted by atomic mass is 10.1. The maximum absolute atomic E-state index is 13.7. The number of rotatable bonds is 52. The molecule has 1 saturated carbocycles. The molecule has 0 aromatic heterocycles. The molecular weight excluding hydrogens is 961 g/mol. The molecule has 0 saturated heterocycles. The average Bonchev–Trinajstić information content (AvgIpc) is 3.75. The van der Waals surface area contributed by atoms with Crippen molar-refractivity contribution >= 4 is 29.3 Å². The van der Waals surface area contributed by atoms with E-state index in [4.69, 9.17) is 75.8 Å². The molecule has 1 fully saturated rings. The van der Waals surface area contributed by atoms with Crippen LogP contribution in [0, 0.1) is 0 Å². The van der Waals surface area contributed by atoms with Crippen LogP contribution in [0.25, 0.3) is 12.2 Å². The van der Waals surface area contributed by atoms with Gasteiger partial charge in [-0.15, -0.1) is 0 Å². The Morgan fingerprint density at radius 2 is 0.514 bits per heavy atom. The molecule has 19 heteroatoms. The van der Waals surface area contributed by atoms with Crippen molar-refractivity contribution < 1.29 is 80.6 Å². The molecule has 2 aromatic rings. The summed E-state index contributed by atoms with van der Waals surface area (Å²) < 4.78 is 88.0. The van der Waals surface area contributed by atoms with Gasteiger partial charge in [-0.3, -0.25) is 4.79 Å². The summed E-state index contributed by atoms with van der Waals surface area (Å²) in [6, 6.07) is 16.6. The van der Waals surface area contributed by atoms with Crippen molar-refractivity contribution in [3.8, 4) is 0 Å². The number of nitrogens with zero attached hydrogens (tertiary/aromatic N) is 2. The van der Waals surface area contributed by atoms with E-state index >= 15 is 0 Å². The van der Waals surface area contributed by atoms with Crippen LogP contribution in [0.1, 0.15) is 24.0 Å². The zero-order valence-corrected chi connectivity index (χ0v) is 45.1. The van der Waals surface area contributed by atoms with Crippen molar-refractivity contribution in [1.82, 2.24) is 0 Å². The quantitative estimate of drug-likeness (QED) is 0.0646. The summed E-state index contributed by atoms with van der Waals surface area (Å²) in [4.78, 5) is 18.2. The van der Waals surface area contributed by atoms with E-state index in [0.29, 0.717) is 224 Å². The molecule has 0 aliphatic heterocycles. The van der Waals surface area contributed by atoms with Crippen molar-refractivity contribution in [2.24, 2.45) is 0 Å². The second-order valence-electron chi connectivity index (χ2n) is 16.6. The van der Waals surface area contributed by atoms with Gasteiger partial charge in [0.2, 0.25) is 0 Å². The van der Waals surface area contributed by atoms with Crippen molar-refractivity contribution in [1.29, 1.82) is 0 Å². The normalized spacial score (nSPS) is 13.8. The Kier molecular flexibility index (Phi) is 41.0. The van der Waals surface area contributed by atoms with Crippen LogP contribution in [-0.4, -0.2) is 245 Å². The Morgan fingerprint density at radius 1 is 0.311 bits per heavy atom. The van der Waals surface area contributed by atoms with Gasteiger partial charge in [0.1, 0.15) is 0 Å². The fourth-order valence-corrected chi connectivity index (χ4v) is 7.12. The summed E-state index contributed by atoms with van der Waals surface area (Å²) in [5, 5.41) is 0. The van der Waals surface area contributed by atoms with E-state index in [1.807, 2.05) is 12.2 Å². The number of allylic oxidation sites excluding steroid dienone is 2. The largest absolute Gasteiger partial charge is 0.382 e. The lowest BCUT2D eigenvalue weighted by Gasteiger charge is -2.25. The van der Waals surface area contributed by atoms with Crippen LogP contribution in [0.5, 0.6) is 0 Å². The van der Waals surface area contributed by atoms with Crippen molar-refractivity contribution in [2.75, 3.05) is 249 Å². The van der Waals surface area contributed by atoms with Crippen molar-refractivity contribution in [3.05, 3.63) is 70.8 Å². The number of ether oxygens (including phenoxy) is 16. The van der Waals surface area contributed by atoms with Crippen LogP contribution >= 0.6 is 0 Å². The maximum Gasteiger partial charge on any atom is 0.185 e. The Morgan fingerprint density at radius 3 is 0.730 bits per heavy atom. The minimum absolute atomic E-state index is 0.0837. The minimum atomic E-state index is 0.0837. The SMILES string of the molecule is COCCOCCOCCOCCN(CCOCCOCCOCCOC)c1ccc(/C=C2/CC/C(=C/c3ccc(N(CCOCCOCCOCCOC)CCOCCOCCOCCOC)cc3)C2=O)cc1. The van der Waals surface area contributed by atoms with Gasteiger partial charge >= 0.3 is 0 Å². The van der Waals surface area contributed by atoms with E-state index in [0.717, 1.165) is 33.6 Å². The van der Waals surface area contributed by atoms with Crippen LogP contribution in [0.4, 0.5) is 11.4 Å². The predicted molar refractivity (Wildman–Crippen MR) is 285 cm³/mol. The topological polar surface area (TPSA) is 171 Å². The molecule has 0 heterocycles. The summed E-state index contributed by atoms with van der Waals surface area (Å²) in [5.41, 5.74) is 5.63. The van der Waals surface area contributed by atoms with Gasteiger partial charge in [0.05, 0.1) is 185 Å². The highest BCUT2D eigenvalue weighted by Gasteiger charge is 2.23. The summed E-state index contributed by atoms with van der Waals surface area (Å²) in [7, 11) is 6.60. The van der Waals surface area contributed by atoms with E-state index in [1.165, 1.54) is 0 Å². The first kappa shape index (κ1) is 64.8. The summed E-state index contributed by atoms with van der Waals surface area (Å²) in [6.07, 6.45) is 5.40. The highest BCUT2D eigenvalue weighted by atomic mass is 16.6. The van der Waals surface area contributed by atoms with Gasteiger partial charge in [-0.2, -0.15) is 0 Å². The van der Waals surface area contributed by atoms with Gasteiger partial charge in [-0.25, -0.2) is 0 Å². The van der Waals surface area contributed by atoms with Gasteiger partial charge in [0, 0.05) is 77.1 Å². The highest BCUT2D eigenvalue weighted by Crippen LogP contribution is 2.30. The van der Waals surface area contributed by atoms with E-state index in [1.54, 1.807) is 28.4 Å². The lowest BCUT2D eigenvalue weighted by Crippen LogP contribution is -2.31. The molecule has 0 atom stereocenters. The molecule has 0 radical (unpaired) electrons. The third-order valence-electron chi connectivity index (χ3n) is 11.2. The number of methoxy groups -OCH3 is 4. The Hall–Kier alpha value is -3.45. The van der Waals surface area contributed by atoms with Crippen LogP contribution in [0.3, 0.4) is 0 Å². The molecule has 0 spiro atoms. The number of benzene rings is 2. The molecule has 19 nitrogen and oxygen atoms in total. The highest BCUT2D eigenvalue weighted by molar-refractivity contribution is 6.15. The van der Waals surface area contributed by atoms with Gasteiger partial charge in [0.25, 0.3) is 0 Å². The standard InChI is InChI=1S/C55H90N2O17/c1-59-23-27-67-39-43-71-35-31-63-19-15-56(16-20-64-32-36-72-44-40-68-28-24-60-2)53-11-5-49(6-12-53)47-51-9-10-52(55(51)58)48-50-7-13-54(14-8-50)57(17-21-65-33-37-73-45-41-69-29-25-61-3)18-22-66-34-38-74-46-42-70-30-26-62-4/h5-8,11-14,47-48H,9-10,15-46H2,1-4H3/b51-47-,52-48-. The molecule has 1 aliphatic rings. The molecule has 0 N–H and O–H groups in total. The second-order valence-corrected chi connectivity index (χ2v) is 16.6. The number of carbonyl (C=O) groups is 1. The number of hydrogen-bond donors (Lipinski definition) is 0. The second kappa shape index (κ2) is 46.8. The Labute approximate surface area is 441 Å². The molecule has 0 amide bonds. The van der Waals surface area contributed by atoms with Gasteiger partial charge in [-0.1, -0.05) is 24.3 Å². The first-order chi connectivity index (χ1) is 36.6. The van der Waals surface area contributed by atoms with Crippen LogP contribution in [-0.2, 0) is 80.6 Å². The van der Waals surface area contributed by atoms with E-state index in [2.05, 4.69) is 58.3 Å². The molecule has 74 heavy (non-hydrogen) atoms. The molecule has 0 bridgehead atoms. The molecule has 3 rings (SSSR count). The first-order valence-corrected chi connectivity index (χ1v) is 26.1. The monoisotopic (exact) mass is 1050 g/mol. The molecule has 1 aliphatic carbocycles. The zero-order valence-electron chi connectivity index (χ0n) is 45.1. The lowest BCUT2D eigenvalue weighted by molar-refractivity contribution is -0.111. The third kappa shape index (κ3) is 32.9. The fraction of sp³-hybridized carbons (Fsp3) is 0.691. The van der Waals surface area contributed by atoms with Gasteiger partial charge in [-0.05, 0) is 60.4 Å². The van der Waals surface area contributed by atoms with Crippen molar-refractivity contribution in [2.45, 2.75) is 12.8 Å². The molecule has 422 valence electrons. The maximum atomic E-state index is 13.7. The van der Waals surface area contributed by atoms with E-state index in [-0.39, 0.29) is 5.78 Å². The summed E-state index contributed by atoms with van der Waals surface area (Å²) in [6.45, 7) is 17.2. The summed E-state index contributed by atoms with van der Waals surface area (Å²) in [5.74, 6) is 0.0837. The smallest absolute Gasteiger partial charge is 0.185 e. The molecule has 2 aromatic carbocycles. The molecular formula is C55H90N2O17. The minimum Gasteiger partial charge on any atom is -0.382 e. The number of hydrogen-bond acceptors (Lipinski definition) is 19. The van der Waals surface area contributed by atoms with Crippen LogP contribution in [0.15, 0.2) is 59.7 Å². The summed E-state index contributed by atoms with van der Waals surface area (Å²) >= 11 is 0. The number of ketones is 1. The number of carbonyl (C=O) groups excluding carboxylic acids is 1. The molecule has 0 unspecified atom stereocenters. The predicted octanol–water partition coefficient (Wildman–Crippen LogP) is 4.91. The number of anilines is 2. The van der Waals surface area contributed by atoms with E-state index in [9.17, 15) is 4.79 Å². The Bertz CT molecular complexity index is 1500. The van der Waals surface area contributed by atoms with Crippen LogP contribution < -0.4 is 9.80 Å². The van der Waals surface area contributed by atoms with Crippen LogP contribution in [0.2, 0.25) is 0 Å². The van der Waals surface area contributed by atoms with Gasteiger partial charge < -0.3 is 85.6 Å². The van der Waals surface area contributed by atoms with Gasteiger partial charge in [0.15, 0.2) is 5.78 Å². The first-order valence-electron chi connectivity index (χ1n) is 26.1. The fourth-order valence-electron chi connectivity index (χ4n) is 7.12. The van der Waals surface area contributed by atoms with E-state index < -0.39 is 0 Å².